The predicted octanol–water partition coefficient (Wildman–Crippen LogP) is 5.97. The maximum Gasteiger partial charge on any atom is 0.213 e. The molecule has 3 aromatic carbocycles. The zero-order valence-corrected chi connectivity index (χ0v) is 16.2. The zero-order chi connectivity index (χ0) is 19.3. The number of ether oxygens (including phenoxy) is 1. The first-order valence-electron chi connectivity index (χ1n) is 8.92. The third-order valence-corrected chi connectivity index (χ3v) is 5.56. The van der Waals surface area contributed by atoms with Crippen molar-refractivity contribution in [3.05, 3.63) is 99.5 Å². The first kappa shape index (κ1) is 17.4. The van der Waals surface area contributed by atoms with Crippen LogP contribution in [0.2, 0.25) is 0 Å². The minimum Gasteiger partial charge on any atom is -0.464 e. The molecular formula is C22H15BrF2N2O. The molecule has 0 spiro atoms. The maximum atomic E-state index is 13.8. The summed E-state index contributed by atoms with van der Waals surface area (Å²) in [6.45, 7) is 0. The predicted molar refractivity (Wildman–Crippen MR) is 106 cm³/mol. The van der Waals surface area contributed by atoms with E-state index in [0.29, 0.717) is 12.0 Å². The highest BCUT2D eigenvalue weighted by Crippen LogP contribution is 2.48. The summed E-state index contributed by atoms with van der Waals surface area (Å²) in [6, 6.07) is 18.5. The van der Waals surface area contributed by atoms with Crippen LogP contribution in [-0.4, -0.2) is 10.7 Å². The lowest BCUT2D eigenvalue weighted by atomic mass is 9.96. The highest BCUT2D eigenvalue weighted by molar-refractivity contribution is 9.10. The van der Waals surface area contributed by atoms with Gasteiger partial charge in [-0.2, -0.15) is 5.10 Å². The van der Waals surface area contributed by atoms with Gasteiger partial charge in [-0.15, -0.1) is 0 Å². The number of hydrazone groups is 1. The van der Waals surface area contributed by atoms with E-state index >= 15 is 0 Å². The van der Waals surface area contributed by atoms with Crippen molar-refractivity contribution in [2.24, 2.45) is 5.10 Å². The summed E-state index contributed by atoms with van der Waals surface area (Å²) < 4.78 is 34.3. The van der Waals surface area contributed by atoms with Gasteiger partial charge in [0.1, 0.15) is 17.4 Å². The fourth-order valence-corrected chi connectivity index (χ4v) is 4.13. The second-order valence-electron chi connectivity index (χ2n) is 6.86. The van der Waals surface area contributed by atoms with Gasteiger partial charge in [-0.05, 0) is 48.0 Å². The van der Waals surface area contributed by atoms with Gasteiger partial charge in [0.25, 0.3) is 0 Å². The van der Waals surface area contributed by atoms with Crippen molar-refractivity contribution in [3.8, 4) is 5.75 Å². The molecule has 6 heteroatoms. The zero-order valence-electron chi connectivity index (χ0n) is 14.6. The third kappa shape index (κ3) is 2.98. The summed E-state index contributed by atoms with van der Waals surface area (Å²) in [5.41, 5.74) is 3.43. The first-order chi connectivity index (χ1) is 13.6. The molecule has 0 saturated carbocycles. The van der Waals surface area contributed by atoms with E-state index in [1.54, 1.807) is 18.2 Å². The topological polar surface area (TPSA) is 24.8 Å². The quantitative estimate of drug-likeness (QED) is 0.490. The molecule has 0 aliphatic carbocycles. The van der Waals surface area contributed by atoms with Gasteiger partial charge in [0.05, 0.1) is 11.8 Å². The molecule has 28 heavy (non-hydrogen) atoms. The molecule has 5 rings (SSSR count). The molecular weight excluding hydrogens is 426 g/mol. The molecule has 0 aromatic heterocycles. The van der Waals surface area contributed by atoms with Crippen molar-refractivity contribution in [1.29, 1.82) is 0 Å². The van der Waals surface area contributed by atoms with Gasteiger partial charge in [0, 0.05) is 22.0 Å². The SMILES string of the molecule is Fc1ccc(C2=NN3[C@@H](C2)c2cc(Br)ccc2O[C@H]3c2cccc(F)c2)cc1. The van der Waals surface area contributed by atoms with Gasteiger partial charge in [-0.1, -0.05) is 40.2 Å². The molecule has 3 nitrogen and oxygen atoms in total. The Labute approximate surface area is 169 Å². The van der Waals surface area contributed by atoms with Crippen LogP contribution in [0.1, 0.15) is 35.4 Å². The maximum absolute atomic E-state index is 13.8. The van der Waals surface area contributed by atoms with Crippen molar-refractivity contribution >= 4 is 21.6 Å². The Morgan fingerprint density at radius 1 is 0.964 bits per heavy atom. The Kier molecular flexibility index (Phi) is 4.16. The van der Waals surface area contributed by atoms with Crippen molar-refractivity contribution in [2.75, 3.05) is 0 Å². The number of hydrogen-bond donors (Lipinski definition) is 0. The minimum absolute atomic E-state index is 0.0467. The van der Waals surface area contributed by atoms with Crippen LogP contribution in [0, 0.1) is 11.6 Å². The smallest absolute Gasteiger partial charge is 0.213 e. The van der Waals surface area contributed by atoms with Crippen LogP contribution < -0.4 is 4.74 Å². The lowest BCUT2D eigenvalue weighted by Crippen LogP contribution is -2.33. The Morgan fingerprint density at radius 2 is 1.79 bits per heavy atom. The fourth-order valence-electron chi connectivity index (χ4n) is 3.76. The highest BCUT2D eigenvalue weighted by Gasteiger charge is 2.41. The van der Waals surface area contributed by atoms with Gasteiger partial charge >= 0.3 is 0 Å². The molecule has 2 aliphatic heterocycles. The average molecular weight is 441 g/mol. The van der Waals surface area contributed by atoms with Crippen LogP contribution >= 0.6 is 15.9 Å². The molecule has 0 unspecified atom stereocenters. The van der Waals surface area contributed by atoms with Crippen LogP contribution in [0.15, 0.2) is 76.3 Å². The molecule has 2 atom stereocenters. The molecule has 2 heterocycles. The molecule has 0 fully saturated rings. The van der Waals surface area contributed by atoms with E-state index in [-0.39, 0.29) is 17.7 Å². The van der Waals surface area contributed by atoms with Crippen molar-refractivity contribution in [3.63, 3.8) is 0 Å². The number of rotatable bonds is 2. The van der Waals surface area contributed by atoms with Gasteiger partial charge in [0.15, 0.2) is 0 Å². The van der Waals surface area contributed by atoms with Gasteiger partial charge in [-0.25, -0.2) is 13.8 Å². The van der Waals surface area contributed by atoms with Gasteiger partial charge in [-0.3, -0.25) is 0 Å². The molecule has 2 aliphatic rings. The molecule has 140 valence electrons. The average Bonchev–Trinajstić information content (AvgIpc) is 3.14. The van der Waals surface area contributed by atoms with Crippen LogP contribution in [0.25, 0.3) is 0 Å². The van der Waals surface area contributed by atoms with Crippen molar-refractivity contribution in [2.45, 2.75) is 18.7 Å². The van der Waals surface area contributed by atoms with E-state index in [2.05, 4.69) is 15.9 Å². The lowest BCUT2D eigenvalue weighted by Gasteiger charge is -2.38. The number of nitrogens with zero attached hydrogens (tertiary/aromatic N) is 2. The monoisotopic (exact) mass is 440 g/mol. The van der Waals surface area contributed by atoms with Crippen molar-refractivity contribution in [1.82, 2.24) is 5.01 Å². The normalized spacial score (nSPS) is 20.2. The first-order valence-corrected chi connectivity index (χ1v) is 9.71. The van der Waals surface area contributed by atoms with Crippen LogP contribution in [0.5, 0.6) is 5.75 Å². The van der Waals surface area contributed by atoms with E-state index in [1.165, 1.54) is 24.3 Å². The Hall–Kier alpha value is -2.73. The summed E-state index contributed by atoms with van der Waals surface area (Å²) in [5.74, 6) is 0.158. The molecule has 3 aromatic rings. The summed E-state index contributed by atoms with van der Waals surface area (Å²) in [4.78, 5) is 0. The summed E-state index contributed by atoms with van der Waals surface area (Å²) in [7, 11) is 0. The van der Waals surface area contributed by atoms with Crippen LogP contribution in [0.3, 0.4) is 0 Å². The standard InChI is InChI=1S/C22H15BrF2N2O/c23-15-6-9-21-18(11-15)20-12-19(13-4-7-16(24)8-5-13)26-27(20)22(28-21)14-2-1-3-17(25)10-14/h1-11,20,22H,12H2/t20-,22-/m0/s1. The summed E-state index contributed by atoms with van der Waals surface area (Å²) >= 11 is 3.52. The highest BCUT2D eigenvalue weighted by atomic mass is 79.9. The number of hydrogen-bond acceptors (Lipinski definition) is 3. The summed E-state index contributed by atoms with van der Waals surface area (Å²) in [5, 5.41) is 6.67. The molecule has 0 saturated heterocycles. The Bertz CT molecular complexity index is 1080. The largest absolute Gasteiger partial charge is 0.464 e. The number of benzene rings is 3. The van der Waals surface area contributed by atoms with E-state index < -0.39 is 6.23 Å². The lowest BCUT2D eigenvalue weighted by molar-refractivity contribution is -0.0192. The van der Waals surface area contributed by atoms with Gasteiger partial charge < -0.3 is 4.74 Å². The van der Waals surface area contributed by atoms with Gasteiger partial charge in [0.2, 0.25) is 6.23 Å². The van der Waals surface area contributed by atoms with E-state index in [4.69, 9.17) is 9.84 Å². The second kappa shape index (κ2) is 6.71. The number of fused-ring (bicyclic) bond motifs is 3. The number of halogens is 3. The van der Waals surface area contributed by atoms with E-state index in [0.717, 1.165) is 27.1 Å². The Morgan fingerprint density at radius 3 is 2.57 bits per heavy atom. The molecule has 0 radical (unpaired) electrons. The molecule has 0 bridgehead atoms. The fraction of sp³-hybridized carbons (Fsp3) is 0.136. The summed E-state index contributed by atoms with van der Waals surface area (Å²) in [6.07, 6.45) is 0.122. The van der Waals surface area contributed by atoms with Crippen LogP contribution in [0.4, 0.5) is 8.78 Å². The van der Waals surface area contributed by atoms with Crippen molar-refractivity contribution < 1.29 is 13.5 Å². The van der Waals surface area contributed by atoms with E-state index in [9.17, 15) is 8.78 Å². The molecule has 0 N–H and O–H groups in total. The molecule has 0 amide bonds. The van der Waals surface area contributed by atoms with E-state index in [1.807, 2.05) is 29.3 Å². The third-order valence-electron chi connectivity index (χ3n) is 5.06. The minimum atomic E-state index is -0.535. The van der Waals surface area contributed by atoms with Crippen LogP contribution in [-0.2, 0) is 0 Å². The Balaban J connectivity index is 1.61. The second-order valence-corrected chi connectivity index (χ2v) is 7.78.